The van der Waals surface area contributed by atoms with Crippen molar-refractivity contribution in [3.05, 3.63) is 24.2 Å². The predicted octanol–water partition coefficient (Wildman–Crippen LogP) is 0.967. The van der Waals surface area contributed by atoms with E-state index in [9.17, 15) is 4.79 Å². The first-order chi connectivity index (χ1) is 12.2. The van der Waals surface area contributed by atoms with Crippen LogP contribution in [0.1, 0.15) is 23.4 Å². The number of likely N-dealkylation sites (N-methyl/N-ethyl adjacent to an activating group) is 1. The van der Waals surface area contributed by atoms with Crippen LogP contribution in [0.5, 0.6) is 0 Å². The van der Waals surface area contributed by atoms with E-state index < -0.39 is 0 Å². The topological polar surface area (TPSA) is 52.0 Å². The SMILES string of the molecule is CN1CCN(C[C@@H]2CN3CC[C@H]2C[C@@H]3CNC(=O)c2ccco2)CC1. The number of carbonyl (C=O) groups is 1. The maximum absolute atomic E-state index is 12.1. The number of piperidine rings is 3. The van der Waals surface area contributed by atoms with Gasteiger partial charge in [-0.1, -0.05) is 0 Å². The van der Waals surface area contributed by atoms with Crippen LogP contribution in [-0.2, 0) is 0 Å². The van der Waals surface area contributed by atoms with Gasteiger partial charge in [0.15, 0.2) is 5.76 Å². The molecule has 4 fully saturated rings. The fraction of sp³-hybridized carbons (Fsp3) is 0.737. The minimum atomic E-state index is -0.0957. The lowest BCUT2D eigenvalue weighted by Crippen LogP contribution is -2.59. The van der Waals surface area contributed by atoms with Crippen LogP contribution in [0.25, 0.3) is 0 Å². The first-order valence-electron chi connectivity index (χ1n) is 9.65. The quantitative estimate of drug-likeness (QED) is 0.861. The van der Waals surface area contributed by atoms with Crippen molar-refractivity contribution in [1.29, 1.82) is 0 Å². The predicted molar refractivity (Wildman–Crippen MR) is 96.6 cm³/mol. The zero-order valence-electron chi connectivity index (χ0n) is 15.2. The number of hydrogen-bond acceptors (Lipinski definition) is 5. The van der Waals surface area contributed by atoms with Crippen LogP contribution in [0.4, 0.5) is 0 Å². The Kier molecular flexibility index (Phi) is 5.10. The molecule has 1 aromatic heterocycles. The van der Waals surface area contributed by atoms with Crippen molar-refractivity contribution in [3.8, 4) is 0 Å². The van der Waals surface area contributed by atoms with E-state index in [2.05, 4.69) is 27.1 Å². The second-order valence-electron chi connectivity index (χ2n) is 7.98. The Bertz CT molecular complexity index is 568. The number of nitrogens with zero attached hydrogens (tertiary/aromatic N) is 3. The molecule has 4 atom stereocenters. The number of piperazine rings is 1. The van der Waals surface area contributed by atoms with E-state index in [0.717, 1.165) is 18.4 Å². The Morgan fingerprint density at radius 1 is 1.28 bits per heavy atom. The van der Waals surface area contributed by atoms with Crippen molar-refractivity contribution < 1.29 is 9.21 Å². The summed E-state index contributed by atoms with van der Waals surface area (Å²) < 4.78 is 5.17. The average Bonchev–Trinajstić information content (AvgIpc) is 3.17. The molecule has 1 amide bonds. The second kappa shape index (κ2) is 7.48. The molecule has 0 saturated carbocycles. The van der Waals surface area contributed by atoms with Gasteiger partial charge in [-0.25, -0.2) is 0 Å². The van der Waals surface area contributed by atoms with Crippen molar-refractivity contribution >= 4 is 5.91 Å². The van der Waals surface area contributed by atoms with Gasteiger partial charge in [0.05, 0.1) is 6.26 Å². The average molecular weight is 346 g/mol. The lowest BCUT2D eigenvalue weighted by atomic mass is 9.75. The van der Waals surface area contributed by atoms with Gasteiger partial charge < -0.3 is 19.5 Å². The van der Waals surface area contributed by atoms with Crippen LogP contribution >= 0.6 is 0 Å². The second-order valence-corrected chi connectivity index (χ2v) is 7.98. The molecule has 5 heterocycles. The Labute approximate surface area is 150 Å². The van der Waals surface area contributed by atoms with Crippen molar-refractivity contribution in [1.82, 2.24) is 20.0 Å². The van der Waals surface area contributed by atoms with E-state index in [1.807, 2.05) is 0 Å². The standard InChI is InChI=1S/C19H30N4O2/c1-21-6-8-22(9-7-21)13-16-14-23-5-4-15(16)11-17(23)12-20-19(24)18-3-2-10-25-18/h2-3,10,15-17H,4-9,11-14H2,1H3,(H,20,24)/t15-,16+,17+/m0/s1. The summed E-state index contributed by atoms with van der Waals surface area (Å²) in [5.41, 5.74) is 0. The molecule has 0 spiro atoms. The van der Waals surface area contributed by atoms with Gasteiger partial charge in [0.2, 0.25) is 0 Å². The molecule has 0 radical (unpaired) electrons. The number of rotatable bonds is 5. The Hall–Kier alpha value is -1.37. The van der Waals surface area contributed by atoms with Crippen molar-refractivity contribution in [2.45, 2.75) is 18.9 Å². The van der Waals surface area contributed by atoms with Crippen LogP contribution in [-0.4, -0.2) is 86.1 Å². The van der Waals surface area contributed by atoms with Gasteiger partial charge in [-0.05, 0) is 50.4 Å². The molecule has 6 nitrogen and oxygen atoms in total. The largest absolute Gasteiger partial charge is 0.459 e. The first kappa shape index (κ1) is 17.1. The molecule has 1 aromatic rings. The molecule has 1 unspecified atom stereocenters. The lowest BCUT2D eigenvalue weighted by Gasteiger charge is -2.51. The Morgan fingerprint density at radius 2 is 2.12 bits per heavy atom. The third-order valence-corrected chi connectivity index (χ3v) is 6.35. The zero-order valence-corrected chi connectivity index (χ0v) is 15.2. The van der Waals surface area contributed by atoms with Gasteiger partial charge in [-0.2, -0.15) is 0 Å². The van der Waals surface area contributed by atoms with Gasteiger partial charge in [0.1, 0.15) is 0 Å². The third kappa shape index (κ3) is 3.91. The number of carbonyl (C=O) groups excluding carboxylic acids is 1. The third-order valence-electron chi connectivity index (χ3n) is 6.35. The number of fused-ring (bicyclic) bond motifs is 3. The molecule has 4 saturated heterocycles. The molecule has 2 bridgehead atoms. The summed E-state index contributed by atoms with van der Waals surface area (Å²) in [6.07, 6.45) is 4.09. The van der Waals surface area contributed by atoms with E-state index in [1.165, 1.54) is 58.7 Å². The van der Waals surface area contributed by atoms with Crippen LogP contribution in [0.15, 0.2) is 22.8 Å². The fourth-order valence-electron chi connectivity index (χ4n) is 4.74. The zero-order chi connectivity index (χ0) is 17.2. The summed E-state index contributed by atoms with van der Waals surface area (Å²) in [7, 11) is 2.22. The Morgan fingerprint density at radius 3 is 2.80 bits per heavy atom. The minimum absolute atomic E-state index is 0.0957. The summed E-state index contributed by atoms with van der Waals surface area (Å²) in [6, 6.07) is 3.96. The van der Waals surface area contributed by atoms with E-state index in [4.69, 9.17) is 4.42 Å². The molecule has 4 aliphatic rings. The minimum Gasteiger partial charge on any atom is -0.459 e. The molecule has 6 heteroatoms. The normalized spacial score (nSPS) is 33.5. The molecule has 0 aromatic carbocycles. The van der Waals surface area contributed by atoms with Crippen LogP contribution in [0.3, 0.4) is 0 Å². The van der Waals surface area contributed by atoms with Gasteiger partial charge in [-0.15, -0.1) is 0 Å². The molecule has 25 heavy (non-hydrogen) atoms. The molecule has 138 valence electrons. The van der Waals surface area contributed by atoms with E-state index in [0.29, 0.717) is 11.8 Å². The molecule has 1 N–H and O–H groups in total. The highest BCUT2D eigenvalue weighted by atomic mass is 16.3. The highest BCUT2D eigenvalue weighted by Crippen LogP contribution is 2.36. The van der Waals surface area contributed by atoms with Gasteiger partial charge in [0.25, 0.3) is 5.91 Å². The summed E-state index contributed by atoms with van der Waals surface area (Å²) in [4.78, 5) is 19.7. The monoisotopic (exact) mass is 346 g/mol. The maximum Gasteiger partial charge on any atom is 0.287 e. The van der Waals surface area contributed by atoms with Crippen LogP contribution < -0.4 is 5.32 Å². The number of hydrogen-bond donors (Lipinski definition) is 1. The van der Waals surface area contributed by atoms with E-state index in [-0.39, 0.29) is 5.91 Å². The first-order valence-corrected chi connectivity index (χ1v) is 9.65. The maximum atomic E-state index is 12.1. The fourth-order valence-corrected chi connectivity index (χ4v) is 4.74. The number of furan rings is 1. The van der Waals surface area contributed by atoms with E-state index >= 15 is 0 Å². The lowest BCUT2D eigenvalue weighted by molar-refractivity contribution is -0.0161. The molecule has 5 rings (SSSR count). The molecular formula is C19H30N4O2. The summed E-state index contributed by atoms with van der Waals surface area (Å²) in [5.74, 6) is 1.93. The van der Waals surface area contributed by atoms with Gasteiger partial charge in [-0.3, -0.25) is 9.69 Å². The van der Waals surface area contributed by atoms with Crippen LogP contribution in [0.2, 0.25) is 0 Å². The summed E-state index contributed by atoms with van der Waals surface area (Å²) in [5, 5.41) is 3.05. The van der Waals surface area contributed by atoms with Gasteiger partial charge >= 0.3 is 0 Å². The van der Waals surface area contributed by atoms with Gasteiger partial charge in [0, 0.05) is 51.9 Å². The summed E-state index contributed by atoms with van der Waals surface area (Å²) >= 11 is 0. The summed E-state index contributed by atoms with van der Waals surface area (Å²) in [6.45, 7) is 9.18. The highest BCUT2D eigenvalue weighted by molar-refractivity contribution is 5.91. The molecular weight excluding hydrogens is 316 g/mol. The van der Waals surface area contributed by atoms with Crippen LogP contribution in [0, 0.1) is 11.8 Å². The number of amides is 1. The van der Waals surface area contributed by atoms with Crippen molar-refractivity contribution in [3.63, 3.8) is 0 Å². The molecule has 4 aliphatic heterocycles. The molecule has 0 aliphatic carbocycles. The van der Waals surface area contributed by atoms with Crippen molar-refractivity contribution in [2.24, 2.45) is 11.8 Å². The highest BCUT2D eigenvalue weighted by Gasteiger charge is 2.40. The van der Waals surface area contributed by atoms with Crippen molar-refractivity contribution in [2.75, 3.05) is 59.4 Å². The van der Waals surface area contributed by atoms with E-state index in [1.54, 1.807) is 18.4 Å². The smallest absolute Gasteiger partial charge is 0.287 e. The number of nitrogens with one attached hydrogen (secondary N) is 1. The Balaban J connectivity index is 1.26.